The Morgan fingerprint density at radius 2 is 2.10 bits per heavy atom. The second-order valence-electron chi connectivity index (χ2n) is 7.00. The fraction of sp³-hybridized carbons (Fsp3) is 0.471. The van der Waals surface area contributed by atoms with E-state index in [1.807, 2.05) is 0 Å². The number of anilines is 2. The van der Waals surface area contributed by atoms with Crippen molar-refractivity contribution in [1.29, 1.82) is 0 Å². The molecule has 0 aliphatic carbocycles. The first kappa shape index (κ1) is 20.6. The zero-order chi connectivity index (χ0) is 21.4. The second-order valence-corrected chi connectivity index (χ2v) is 7.00. The minimum Gasteiger partial charge on any atom is -0.530 e. The van der Waals surface area contributed by atoms with Crippen molar-refractivity contribution in [3.63, 3.8) is 0 Å². The number of H-pyrrole nitrogens is 1. The monoisotopic (exact) mass is 415 g/mol. The van der Waals surface area contributed by atoms with Crippen molar-refractivity contribution in [3.05, 3.63) is 34.6 Å². The van der Waals surface area contributed by atoms with Crippen LogP contribution in [0, 0.1) is 0 Å². The number of fused-ring (bicyclic) bond motifs is 1. The summed E-state index contributed by atoms with van der Waals surface area (Å²) in [6.45, 7) is 1.84. The lowest BCUT2D eigenvalue weighted by atomic mass is 10.0. The first-order chi connectivity index (χ1) is 13.5. The molecule has 0 fully saturated rings. The first-order valence-electron chi connectivity index (χ1n) is 8.66. The molecule has 29 heavy (non-hydrogen) atoms. The van der Waals surface area contributed by atoms with Crippen LogP contribution in [0.4, 0.5) is 29.3 Å². The van der Waals surface area contributed by atoms with Crippen molar-refractivity contribution < 1.29 is 32.2 Å². The van der Waals surface area contributed by atoms with E-state index < -0.39 is 23.6 Å². The number of amides is 1. The summed E-state index contributed by atoms with van der Waals surface area (Å²) < 4.78 is 50.6. The van der Waals surface area contributed by atoms with Gasteiger partial charge in [-0.2, -0.15) is 13.2 Å². The molecule has 12 heteroatoms. The van der Waals surface area contributed by atoms with Gasteiger partial charge in [0, 0.05) is 12.1 Å². The van der Waals surface area contributed by atoms with Gasteiger partial charge in [-0.15, -0.1) is 5.10 Å². The maximum atomic E-state index is 13.3. The Bertz CT molecular complexity index is 953. The summed E-state index contributed by atoms with van der Waals surface area (Å²) in [4.78, 5) is 22.5. The molecule has 0 radical (unpaired) electrons. The molecule has 2 aromatic rings. The number of nitrogens with one attached hydrogen (secondary N) is 2. The van der Waals surface area contributed by atoms with Gasteiger partial charge in [0.05, 0.1) is 12.2 Å². The number of hydrogen-bond donors (Lipinski definition) is 2. The van der Waals surface area contributed by atoms with E-state index in [9.17, 15) is 27.9 Å². The van der Waals surface area contributed by atoms with Crippen molar-refractivity contribution in [2.45, 2.75) is 44.5 Å². The van der Waals surface area contributed by atoms with Crippen LogP contribution in [0.1, 0.15) is 26.2 Å². The predicted octanol–water partition coefficient (Wildman–Crippen LogP) is 1.66. The summed E-state index contributed by atoms with van der Waals surface area (Å²) in [5.74, 6) is -0.0601. The molecular weight excluding hydrogens is 397 g/mol. The molecule has 1 amide bonds. The van der Waals surface area contributed by atoms with Gasteiger partial charge in [0.1, 0.15) is 23.5 Å². The lowest BCUT2D eigenvalue weighted by Gasteiger charge is -2.42. The number of benzene rings is 1. The first-order valence-corrected chi connectivity index (χ1v) is 8.66. The number of hydrogen-bond acceptors (Lipinski definition) is 7. The fourth-order valence-corrected chi connectivity index (χ4v) is 2.94. The average Bonchev–Trinajstić information content (AvgIpc) is 3.04. The van der Waals surface area contributed by atoms with Crippen LogP contribution in [-0.2, 0) is 6.42 Å². The summed E-state index contributed by atoms with van der Waals surface area (Å²) >= 11 is 0. The number of rotatable bonds is 5. The highest BCUT2D eigenvalue weighted by Crippen LogP contribution is 2.40. The Kier molecular flexibility index (Phi) is 5.20. The average molecular weight is 415 g/mol. The van der Waals surface area contributed by atoms with Crippen LogP contribution in [0.25, 0.3) is 0 Å². The van der Waals surface area contributed by atoms with Crippen LogP contribution in [0.2, 0.25) is 0 Å². The highest BCUT2D eigenvalue weighted by molar-refractivity contribution is 5.88. The number of alkyl halides is 3. The molecule has 3 rings (SSSR count). The second kappa shape index (κ2) is 7.33. The lowest BCUT2D eigenvalue weighted by Crippen LogP contribution is -2.60. The normalized spacial score (nSPS) is 16.5. The van der Waals surface area contributed by atoms with E-state index in [1.54, 1.807) is 0 Å². The lowest BCUT2D eigenvalue weighted by molar-refractivity contribution is -0.254. The number of halogens is 3. The summed E-state index contributed by atoms with van der Waals surface area (Å²) in [6, 6.07) is 3.88. The van der Waals surface area contributed by atoms with Crippen LogP contribution >= 0.6 is 0 Å². The van der Waals surface area contributed by atoms with Crippen LogP contribution in [0.15, 0.2) is 27.4 Å². The quantitative estimate of drug-likeness (QED) is 0.761. The molecule has 1 aliphatic rings. The zero-order valence-electron chi connectivity index (χ0n) is 15.5. The van der Waals surface area contributed by atoms with E-state index in [0.717, 1.165) is 13.8 Å². The molecule has 0 saturated heterocycles. The van der Waals surface area contributed by atoms with Gasteiger partial charge in [0.2, 0.25) is 5.89 Å². The molecule has 158 valence electrons. The Balaban J connectivity index is 1.76. The van der Waals surface area contributed by atoms with E-state index in [2.05, 4.69) is 15.5 Å². The van der Waals surface area contributed by atoms with Gasteiger partial charge in [-0.3, -0.25) is 0 Å². The molecule has 0 spiro atoms. The molecular formula is C17H18F3N4O5-. The van der Waals surface area contributed by atoms with Gasteiger partial charge >= 0.3 is 11.9 Å². The number of aryl methyl sites for hydroxylation is 1. The van der Waals surface area contributed by atoms with Gasteiger partial charge in [-0.1, -0.05) is 0 Å². The van der Waals surface area contributed by atoms with Crippen LogP contribution in [0.5, 0.6) is 5.75 Å². The minimum atomic E-state index is -4.81. The summed E-state index contributed by atoms with van der Waals surface area (Å²) in [6.07, 6.45) is -6.27. The van der Waals surface area contributed by atoms with Crippen molar-refractivity contribution in [3.8, 4) is 5.75 Å². The van der Waals surface area contributed by atoms with E-state index in [4.69, 9.17) is 9.15 Å². The van der Waals surface area contributed by atoms with Crippen molar-refractivity contribution >= 4 is 17.5 Å². The topological polar surface area (TPSA) is 124 Å². The minimum absolute atomic E-state index is 0.167. The third-order valence-electron chi connectivity index (χ3n) is 4.63. The molecule has 2 N–H and O–H groups in total. The van der Waals surface area contributed by atoms with Gasteiger partial charge < -0.3 is 29.3 Å². The van der Waals surface area contributed by atoms with Crippen LogP contribution < -0.4 is 25.8 Å². The summed E-state index contributed by atoms with van der Waals surface area (Å²) in [5.41, 5.74) is -2.53. The number of carbonyl (C=O) groups is 1. The molecule has 1 aromatic heterocycles. The molecule has 1 atom stereocenters. The number of aromatic amines is 1. The molecule has 0 bridgehead atoms. The maximum absolute atomic E-state index is 13.3. The highest BCUT2D eigenvalue weighted by Gasteiger charge is 2.52. The Hall–Kier alpha value is -3.18. The highest BCUT2D eigenvalue weighted by atomic mass is 19.4. The zero-order valence-corrected chi connectivity index (χ0v) is 15.5. The van der Waals surface area contributed by atoms with E-state index in [1.165, 1.54) is 18.2 Å². The SMILES string of the molecule is CC(C)(N(C(=O)[O-])c1ccc2c(c1)NC[C@H](CCc1n[nH]c(=O)o1)O2)C(F)(F)F. The molecule has 2 heterocycles. The number of carbonyl (C=O) groups excluding carboxylic acids is 1. The fourth-order valence-electron chi connectivity index (χ4n) is 2.94. The van der Waals surface area contributed by atoms with Crippen LogP contribution in [-0.4, -0.2) is 40.7 Å². The standard InChI is InChI=1S/C17H19F3N4O5/c1-16(2,17(18,19)20)24(15(26)27)9-3-5-12-11(7-9)21-8-10(28-12)4-6-13-22-23-14(25)29-13/h3,5,7,10,21H,4,6,8H2,1-2H3,(H,23,25)(H,26,27)/p-1/t10-/m0/s1. The van der Waals surface area contributed by atoms with Gasteiger partial charge in [-0.05, 0) is 38.5 Å². The number of carboxylic acid groups (broad SMARTS) is 1. The number of nitrogens with zero attached hydrogens (tertiary/aromatic N) is 2. The summed E-state index contributed by atoms with van der Waals surface area (Å²) in [7, 11) is 0. The largest absolute Gasteiger partial charge is 0.530 e. The predicted molar refractivity (Wildman–Crippen MR) is 92.8 cm³/mol. The van der Waals surface area contributed by atoms with E-state index >= 15 is 0 Å². The van der Waals surface area contributed by atoms with Gasteiger partial charge in [0.25, 0.3) is 0 Å². The van der Waals surface area contributed by atoms with Crippen molar-refractivity contribution in [2.75, 3.05) is 16.8 Å². The molecule has 0 saturated carbocycles. The molecule has 1 aromatic carbocycles. The molecule has 1 aliphatic heterocycles. The van der Waals surface area contributed by atoms with Crippen LogP contribution in [0.3, 0.4) is 0 Å². The Morgan fingerprint density at radius 1 is 1.38 bits per heavy atom. The Morgan fingerprint density at radius 3 is 2.69 bits per heavy atom. The van der Waals surface area contributed by atoms with E-state index in [0.29, 0.717) is 30.8 Å². The van der Waals surface area contributed by atoms with Crippen molar-refractivity contribution in [1.82, 2.24) is 10.2 Å². The van der Waals surface area contributed by atoms with Gasteiger partial charge in [-0.25, -0.2) is 9.89 Å². The van der Waals surface area contributed by atoms with Gasteiger partial charge in [0.15, 0.2) is 0 Å². The maximum Gasteiger partial charge on any atom is 0.434 e. The third kappa shape index (κ3) is 4.15. The Labute approximate surface area is 162 Å². The van der Waals surface area contributed by atoms with Crippen molar-refractivity contribution in [2.24, 2.45) is 0 Å². The van der Waals surface area contributed by atoms with E-state index in [-0.39, 0.29) is 22.6 Å². The number of aromatic nitrogens is 2. The third-order valence-corrected chi connectivity index (χ3v) is 4.63. The molecule has 0 unspecified atom stereocenters. The molecule has 9 nitrogen and oxygen atoms in total. The number of ether oxygens (including phenoxy) is 1. The smallest absolute Gasteiger partial charge is 0.434 e. The summed E-state index contributed by atoms with van der Waals surface area (Å²) in [5, 5.41) is 20.3.